The number of aromatic nitrogens is 3. The second-order valence-electron chi connectivity index (χ2n) is 6.25. The Kier molecular flexibility index (Phi) is 3.64. The highest BCUT2D eigenvalue weighted by Gasteiger charge is 2.51. The van der Waals surface area contributed by atoms with E-state index in [0.29, 0.717) is 17.8 Å². The Morgan fingerprint density at radius 3 is 2.92 bits per heavy atom. The third kappa shape index (κ3) is 2.62. The molecule has 0 spiro atoms. The van der Waals surface area contributed by atoms with Crippen LogP contribution < -0.4 is 16.4 Å². The van der Waals surface area contributed by atoms with Gasteiger partial charge in [0.15, 0.2) is 5.95 Å². The number of imidazole rings is 1. The fraction of sp³-hybridized carbons (Fsp3) is 0.333. The molecule has 4 rings (SSSR count). The molecule has 0 aromatic carbocycles. The Labute approximate surface area is 150 Å². The predicted octanol–water partition coefficient (Wildman–Crippen LogP) is 0.0410. The average molecular weight is 407 g/mol. The fourth-order valence-electron chi connectivity index (χ4n) is 3.64. The second-order valence-corrected chi connectivity index (χ2v) is 7.16. The first-order valence-electron chi connectivity index (χ1n) is 7.75. The maximum Gasteiger partial charge on any atom is 0.267 e. The van der Waals surface area contributed by atoms with Crippen molar-refractivity contribution in [1.82, 2.24) is 25.6 Å². The molecule has 2 aromatic rings. The van der Waals surface area contributed by atoms with Crippen molar-refractivity contribution in [3.63, 3.8) is 0 Å². The minimum atomic E-state index is -0.661. The van der Waals surface area contributed by atoms with Crippen molar-refractivity contribution in [3.8, 4) is 0 Å². The predicted molar refractivity (Wildman–Crippen MR) is 90.4 cm³/mol. The van der Waals surface area contributed by atoms with Gasteiger partial charge in [0.05, 0.1) is 17.5 Å². The first-order chi connectivity index (χ1) is 11.9. The van der Waals surface area contributed by atoms with E-state index in [0.717, 1.165) is 10.2 Å². The smallest absolute Gasteiger partial charge is 0.267 e. The molecule has 3 heterocycles. The Morgan fingerprint density at radius 2 is 2.20 bits per heavy atom. The highest BCUT2D eigenvalue weighted by Crippen LogP contribution is 2.42. The molecule has 1 saturated heterocycles. The number of rotatable bonds is 3. The van der Waals surface area contributed by atoms with E-state index in [4.69, 9.17) is 5.73 Å². The number of anilines is 1. The number of amides is 3. The van der Waals surface area contributed by atoms with Crippen molar-refractivity contribution in [3.05, 3.63) is 33.8 Å². The van der Waals surface area contributed by atoms with E-state index >= 15 is 0 Å². The van der Waals surface area contributed by atoms with Gasteiger partial charge < -0.3 is 21.0 Å². The standard InChI is InChI=1S/C15H15BrN6O3/c16-6-2-8(18-4-6)12(23)19-3-5-1-7-11(21-15(17)20-7)10-9(5)13(24)22-14(10)25/h2,4-5,9-10,18H,1,3H2,(H,19,23)(H3,17,20,21)(H,22,24,25)/t5-,9+,10+/m0/s1. The quantitative estimate of drug-likeness (QED) is 0.456. The van der Waals surface area contributed by atoms with Crippen LogP contribution in [0, 0.1) is 11.8 Å². The highest BCUT2D eigenvalue weighted by atomic mass is 79.9. The molecule has 3 atom stereocenters. The van der Waals surface area contributed by atoms with Crippen molar-refractivity contribution < 1.29 is 14.4 Å². The summed E-state index contributed by atoms with van der Waals surface area (Å²) in [5.74, 6) is -2.20. The normalized spacial score (nSPS) is 24.6. The zero-order chi connectivity index (χ0) is 17.7. The molecule has 130 valence electrons. The second kappa shape index (κ2) is 5.73. The third-order valence-corrected chi connectivity index (χ3v) is 5.16. The first kappa shape index (κ1) is 15.9. The number of H-pyrrole nitrogens is 2. The van der Waals surface area contributed by atoms with Gasteiger partial charge in [-0.2, -0.15) is 0 Å². The molecule has 2 aliphatic rings. The van der Waals surface area contributed by atoms with Crippen LogP contribution in [0.3, 0.4) is 0 Å². The number of halogens is 1. The van der Waals surface area contributed by atoms with Gasteiger partial charge in [0, 0.05) is 22.9 Å². The van der Waals surface area contributed by atoms with E-state index in [1.54, 1.807) is 12.3 Å². The zero-order valence-corrected chi connectivity index (χ0v) is 14.5. The van der Waals surface area contributed by atoms with Crippen LogP contribution in [-0.4, -0.2) is 39.2 Å². The average Bonchev–Trinajstić information content (AvgIpc) is 3.22. The fourth-order valence-corrected chi connectivity index (χ4v) is 3.98. The summed E-state index contributed by atoms with van der Waals surface area (Å²) in [6.45, 7) is 0.260. The van der Waals surface area contributed by atoms with Crippen LogP contribution in [0.25, 0.3) is 0 Å². The molecule has 1 aliphatic heterocycles. The summed E-state index contributed by atoms with van der Waals surface area (Å²) in [6, 6.07) is 1.67. The first-order valence-corrected chi connectivity index (χ1v) is 8.54. The van der Waals surface area contributed by atoms with E-state index < -0.39 is 11.8 Å². The summed E-state index contributed by atoms with van der Waals surface area (Å²) < 4.78 is 0.772. The molecule has 6 N–H and O–H groups in total. The van der Waals surface area contributed by atoms with Gasteiger partial charge >= 0.3 is 0 Å². The Hall–Kier alpha value is -2.62. The van der Waals surface area contributed by atoms with Crippen molar-refractivity contribution in [1.29, 1.82) is 0 Å². The number of hydrogen-bond acceptors (Lipinski definition) is 5. The Bertz CT molecular complexity index is 888. The number of hydrogen-bond donors (Lipinski definition) is 5. The lowest BCUT2D eigenvalue weighted by Crippen LogP contribution is -2.40. The number of nitrogens with zero attached hydrogens (tertiary/aromatic N) is 1. The van der Waals surface area contributed by atoms with Crippen molar-refractivity contribution in [2.75, 3.05) is 12.3 Å². The molecule has 1 aliphatic carbocycles. The molecule has 0 radical (unpaired) electrons. The number of aromatic amines is 2. The highest BCUT2D eigenvalue weighted by molar-refractivity contribution is 9.10. The minimum Gasteiger partial charge on any atom is -0.369 e. The van der Waals surface area contributed by atoms with Crippen LogP contribution in [0.4, 0.5) is 5.95 Å². The van der Waals surface area contributed by atoms with Gasteiger partial charge in [0.2, 0.25) is 11.8 Å². The van der Waals surface area contributed by atoms with E-state index in [2.05, 4.69) is 41.5 Å². The van der Waals surface area contributed by atoms with Gasteiger partial charge in [-0.15, -0.1) is 0 Å². The molecule has 2 aromatic heterocycles. The van der Waals surface area contributed by atoms with E-state index in [1.807, 2.05) is 0 Å². The maximum atomic E-state index is 12.2. The van der Waals surface area contributed by atoms with Crippen LogP contribution in [0.1, 0.15) is 27.8 Å². The summed E-state index contributed by atoms with van der Waals surface area (Å²) >= 11 is 3.28. The summed E-state index contributed by atoms with van der Waals surface area (Å²) in [4.78, 5) is 46.6. The number of nitrogens with one attached hydrogen (secondary N) is 4. The minimum absolute atomic E-state index is 0.219. The molecule has 3 amide bonds. The molecular weight excluding hydrogens is 392 g/mol. The van der Waals surface area contributed by atoms with Gasteiger partial charge in [-0.25, -0.2) is 4.98 Å². The lowest BCUT2D eigenvalue weighted by molar-refractivity contribution is -0.126. The molecule has 10 heteroatoms. The molecule has 0 saturated carbocycles. The van der Waals surface area contributed by atoms with Crippen LogP contribution in [0.15, 0.2) is 16.7 Å². The Morgan fingerprint density at radius 1 is 1.40 bits per heavy atom. The van der Waals surface area contributed by atoms with Crippen molar-refractivity contribution in [2.24, 2.45) is 11.8 Å². The Balaban J connectivity index is 1.56. The molecular formula is C15H15BrN6O3. The molecule has 0 bridgehead atoms. The van der Waals surface area contributed by atoms with Crippen LogP contribution in [0.5, 0.6) is 0 Å². The summed E-state index contributed by atoms with van der Waals surface area (Å²) in [7, 11) is 0. The zero-order valence-electron chi connectivity index (χ0n) is 12.9. The van der Waals surface area contributed by atoms with Crippen LogP contribution in [0.2, 0.25) is 0 Å². The number of carbonyl (C=O) groups is 3. The molecule has 0 unspecified atom stereocenters. The lowest BCUT2D eigenvalue weighted by Gasteiger charge is -2.29. The molecule has 9 nitrogen and oxygen atoms in total. The number of carbonyl (C=O) groups excluding carboxylic acids is 3. The summed E-state index contributed by atoms with van der Waals surface area (Å²) in [5.41, 5.74) is 7.39. The third-order valence-electron chi connectivity index (χ3n) is 4.71. The molecule has 25 heavy (non-hydrogen) atoms. The van der Waals surface area contributed by atoms with Gasteiger partial charge in [-0.3, -0.25) is 19.7 Å². The number of imide groups is 1. The SMILES string of the molecule is Nc1nc2c([nH]1)C[C@@H](CNC(=O)c1cc(Br)c[nH]1)[C@H]1C(=O)NC(=O)[C@@H]21. The lowest BCUT2D eigenvalue weighted by atomic mass is 9.73. The van der Waals surface area contributed by atoms with Gasteiger partial charge in [-0.05, 0) is 34.3 Å². The maximum absolute atomic E-state index is 12.2. The monoisotopic (exact) mass is 406 g/mol. The number of nitrogen functional groups attached to an aromatic ring is 1. The summed E-state index contributed by atoms with van der Waals surface area (Å²) in [6.07, 6.45) is 2.14. The van der Waals surface area contributed by atoms with Gasteiger partial charge in [0.25, 0.3) is 5.91 Å². The molecule has 1 fully saturated rings. The van der Waals surface area contributed by atoms with Gasteiger partial charge in [0.1, 0.15) is 5.69 Å². The number of nitrogens with two attached hydrogens (primary N) is 1. The van der Waals surface area contributed by atoms with Crippen LogP contribution in [-0.2, 0) is 16.0 Å². The van der Waals surface area contributed by atoms with E-state index in [9.17, 15) is 14.4 Å². The van der Waals surface area contributed by atoms with Crippen molar-refractivity contribution in [2.45, 2.75) is 12.3 Å². The van der Waals surface area contributed by atoms with Crippen molar-refractivity contribution >= 4 is 39.6 Å². The van der Waals surface area contributed by atoms with E-state index in [-0.39, 0.29) is 36.1 Å². The number of fused-ring (bicyclic) bond motifs is 3. The largest absolute Gasteiger partial charge is 0.369 e. The van der Waals surface area contributed by atoms with E-state index in [1.165, 1.54) is 0 Å². The van der Waals surface area contributed by atoms with Gasteiger partial charge in [-0.1, -0.05) is 0 Å². The summed E-state index contributed by atoms with van der Waals surface area (Å²) in [5, 5.41) is 5.18. The topological polar surface area (TPSA) is 146 Å². The van der Waals surface area contributed by atoms with Crippen LogP contribution >= 0.6 is 15.9 Å².